The Bertz CT molecular complexity index is 3190. The number of aryl methyl sites for hydroxylation is 6. The molecule has 3 aromatic heterocycles. The summed E-state index contributed by atoms with van der Waals surface area (Å²) in [6.45, 7) is 32.9. The predicted molar refractivity (Wildman–Crippen MR) is 232 cm³/mol. The third-order valence-electron chi connectivity index (χ3n) is 14.2. The minimum atomic E-state index is 0.641. The van der Waals surface area contributed by atoms with Gasteiger partial charge in [0.25, 0.3) is 0 Å². The van der Waals surface area contributed by atoms with Gasteiger partial charge >= 0.3 is 0 Å². The smallest absolute Gasteiger partial charge is 0.165 e. The summed E-state index contributed by atoms with van der Waals surface area (Å²) in [4.78, 5) is 36.5. The molecule has 0 aliphatic carbocycles. The fourth-order valence-electron chi connectivity index (χ4n) is 9.47. The van der Waals surface area contributed by atoms with Crippen molar-refractivity contribution in [2.75, 3.05) is 0 Å². The maximum absolute atomic E-state index is 5.58. The molecule has 0 spiro atoms. The van der Waals surface area contributed by atoms with Crippen LogP contribution >= 0.6 is 0 Å². The highest BCUT2D eigenvalue weighted by Crippen LogP contribution is 2.45. The Balaban J connectivity index is 1.62. The van der Waals surface area contributed by atoms with E-state index in [1.807, 2.05) is 0 Å². The Morgan fingerprint density at radius 2 is 0.714 bits per heavy atom. The zero-order valence-corrected chi connectivity index (χ0v) is 35.7. The molecule has 0 fully saturated rings. The first kappa shape index (κ1) is 35.9. The zero-order chi connectivity index (χ0) is 40.1. The molecule has 7 aromatic rings. The van der Waals surface area contributed by atoms with E-state index in [9.17, 15) is 0 Å². The van der Waals surface area contributed by atoms with Gasteiger partial charge in [-0.3, -0.25) is 0 Å². The molecular formula is C48H50N8. The molecule has 0 saturated carbocycles. The van der Waals surface area contributed by atoms with Crippen molar-refractivity contribution < 1.29 is 0 Å². The Morgan fingerprint density at radius 1 is 0.357 bits per heavy atom. The number of fused-ring (bicyclic) bond motifs is 20. The van der Waals surface area contributed by atoms with Crippen LogP contribution in [0.4, 0.5) is 0 Å². The number of hydrogen-bond acceptors (Lipinski definition) is 6. The highest BCUT2D eigenvalue weighted by Gasteiger charge is 2.29. The van der Waals surface area contributed by atoms with E-state index < -0.39 is 0 Å². The maximum atomic E-state index is 5.58. The molecular weight excluding hydrogens is 689 g/mol. The normalized spacial score (nSPS) is 12.3. The average Bonchev–Trinajstić information content (AvgIpc) is 3.89. The fourth-order valence-corrected chi connectivity index (χ4v) is 9.47. The summed E-state index contributed by atoms with van der Waals surface area (Å²) in [5.74, 6) is 2.62. The summed E-state index contributed by atoms with van der Waals surface area (Å²) >= 11 is 0. The summed E-state index contributed by atoms with van der Waals surface area (Å²) in [6, 6.07) is 2.23. The summed E-state index contributed by atoms with van der Waals surface area (Å²) in [5, 5.41) is 4.29. The van der Waals surface area contributed by atoms with Crippen LogP contribution in [0.3, 0.4) is 0 Å². The second-order valence-electron chi connectivity index (χ2n) is 16.6. The first-order chi connectivity index (χ1) is 26.4. The van der Waals surface area contributed by atoms with Gasteiger partial charge in [-0.05, 0) is 193 Å². The maximum Gasteiger partial charge on any atom is 0.165 e. The lowest BCUT2D eigenvalue weighted by atomic mass is 9.89. The van der Waals surface area contributed by atoms with E-state index >= 15 is 0 Å². The predicted octanol–water partition coefficient (Wildman–Crippen LogP) is 11.5. The van der Waals surface area contributed by atoms with Crippen LogP contribution in [0, 0.1) is 104 Å². The van der Waals surface area contributed by atoms with E-state index in [0.29, 0.717) is 23.3 Å². The van der Waals surface area contributed by atoms with E-state index in [2.05, 4.69) is 127 Å². The summed E-state index contributed by atoms with van der Waals surface area (Å²) in [6.07, 6.45) is 0. The summed E-state index contributed by atoms with van der Waals surface area (Å²) < 4.78 is 2.15. The van der Waals surface area contributed by atoms with Gasteiger partial charge in [0, 0.05) is 50.8 Å². The van der Waals surface area contributed by atoms with Crippen LogP contribution in [0.15, 0.2) is 6.07 Å². The van der Waals surface area contributed by atoms with Crippen molar-refractivity contribution in [2.24, 2.45) is 7.05 Å². The highest BCUT2D eigenvalue weighted by atomic mass is 15.1. The standard InChI is InChI=1S/C48H50N8/c1-18-17-33-34(26(9)19(18)2)42-49-41(33)50-43-35-27(10)20(3)21(4)28(11)36(35)44(51-43)52-45-37-29(12)22(5)23(6)30(13)38(37)46(53-45)55-48-40-32(15)25(8)24(7)31(14)39(40)47(54-42)56(48)16/h17H,1-16H3,(H,49,50,51,52,53,54,55). The van der Waals surface area contributed by atoms with Crippen molar-refractivity contribution in [3.8, 4) is 45.6 Å². The molecule has 0 saturated heterocycles. The van der Waals surface area contributed by atoms with Crippen LogP contribution in [-0.2, 0) is 7.05 Å². The molecule has 8 nitrogen and oxygen atoms in total. The number of nitrogens with zero attached hydrogens (tertiary/aromatic N) is 7. The zero-order valence-electron chi connectivity index (χ0n) is 35.7. The number of aromatic amines is 1. The lowest BCUT2D eigenvalue weighted by Crippen LogP contribution is -1.98. The molecule has 5 heterocycles. The Labute approximate surface area is 328 Å². The van der Waals surface area contributed by atoms with Crippen molar-refractivity contribution in [3.63, 3.8) is 0 Å². The Hall–Kier alpha value is -5.76. The third kappa shape index (κ3) is 4.53. The molecule has 4 aromatic carbocycles. The first-order valence-electron chi connectivity index (χ1n) is 19.7. The van der Waals surface area contributed by atoms with E-state index in [0.717, 1.165) is 72.0 Å². The Morgan fingerprint density at radius 3 is 1.20 bits per heavy atom. The van der Waals surface area contributed by atoms with E-state index in [1.54, 1.807) is 0 Å². The quantitative estimate of drug-likeness (QED) is 0.166. The van der Waals surface area contributed by atoms with Crippen molar-refractivity contribution in [3.05, 3.63) is 89.5 Å². The first-order valence-corrected chi connectivity index (χ1v) is 19.7. The number of rotatable bonds is 0. The van der Waals surface area contributed by atoms with Crippen molar-refractivity contribution >= 4 is 44.1 Å². The fraction of sp³-hybridized carbons (Fsp3) is 0.333. The van der Waals surface area contributed by atoms with Gasteiger partial charge in [0.1, 0.15) is 22.6 Å². The molecule has 1 N–H and O–H groups in total. The van der Waals surface area contributed by atoms with E-state index in [4.69, 9.17) is 29.9 Å². The summed E-state index contributed by atoms with van der Waals surface area (Å²) in [5.41, 5.74) is 25.4. The van der Waals surface area contributed by atoms with Gasteiger partial charge in [0.15, 0.2) is 23.3 Å². The minimum absolute atomic E-state index is 0.641. The van der Waals surface area contributed by atoms with E-state index in [-0.39, 0.29) is 0 Å². The molecule has 0 atom stereocenters. The largest absolute Gasteiger partial charge is 0.324 e. The van der Waals surface area contributed by atoms with Crippen molar-refractivity contribution in [1.29, 1.82) is 0 Å². The molecule has 282 valence electrons. The molecule has 2 aliphatic heterocycles. The molecule has 0 amide bonds. The van der Waals surface area contributed by atoms with Gasteiger partial charge < -0.3 is 9.55 Å². The van der Waals surface area contributed by atoms with Crippen molar-refractivity contribution in [1.82, 2.24) is 39.5 Å². The molecule has 0 unspecified atom stereocenters. The third-order valence-corrected chi connectivity index (χ3v) is 14.2. The van der Waals surface area contributed by atoms with Crippen LogP contribution in [0.5, 0.6) is 0 Å². The van der Waals surface area contributed by atoms with Crippen LogP contribution in [0.25, 0.3) is 89.7 Å². The minimum Gasteiger partial charge on any atom is -0.324 e. The van der Waals surface area contributed by atoms with Crippen LogP contribution in [-0.4, -0.2) is 39.5 Å². The molecule has 2 aliphatic rings. The average molecular weight is 739 g/mol. The van der Waals surface area contributed by atoms with Gasteiger partial charge in [-0.25, -0.2) is 29.9 Å². The molecule has 0 radical (unpaired) electrons. The number of H-pyrrole nitrogens is 1. The second kappa shape index (κ2) is 11.9. The van der Waals surface area contributed by atoms with Gasteiger partial charge in [-0.15, -0.1) is 0 Å². The SMILES string of the molecule is Cc1cc2c(c(C)c1C)-c1nc-2nc2[nH]c(nc3nc(nc4c5c(C)c(C)c(C)c(C)c5c(n1)n4C)-c1c(C)c(C)c(C)c(C)c1-3)c1c(C)c(C)c(C)c(C)c21. The molecule has 56 heavy (non-hydrogen) atoms. The number of benzene rings is 4. The topological polar surface area (TPSA) is 98.1 Å². The van der Waals surface area contributed by atoms with Crippen molar-refractivity contribution in [2.45, 2.75) is 104 Å². The number of nitrogens with one attached hydrogen (secondary N) is 1. The summed E-state index contributed by atoms with van der Waals surface area (Å²) in [7, 11) is 2.08. The highest BCUT2D eigenvalue weighted by molar-refractivity contribution is 6.11. The second-order valence-corrected chi connectivity index (χ2v) is 16.6. The monoisotopic (exact) mass is 738 g/mol. The van der Waals surface area contributed by atoms with Crippen LogP contribution < -0.4 is 0 Å². The number of hydrogen-bond donors (Lipinski definition) is 1. The number of aromatic nitrogens is 8. The van der Waals surface area contributed by atoms with Crippen LogP contribution in [0.1, 0.15) is 83.5 Å². The van der Waals surface area contributed by atoms with Gasteiger partial charge in [-0.1, -0.05) is 0 Å². The molecule has 9 rings (SSSR count). The van der Waals surface area contributed by atoms with Gasteiger partial charge in [0.2, 0.25) is 0 Å². The van der Waals surface area contributed by atoms with Gasteiger partial charge in [0.05, 0.1) is 0 Å². The lowest BCUT2D eigenvalue weighted by Gasteiger charge is -2.15. The molecule has 8 bridgehead atoms. The van der Waals surface area contributed by atoms with E-state index in [1.165, 1.54) is 77.9 Å². The van der Waals surface area contributed by atoms with Crippen LogP contribution in [0.2, 0.25) is 0 Å². The Kier molecular flexibility index (Phi) is 7.61. The lowest BCUT2D eigenvalue weighted by molar-refractivity contribution is 0.966. The molecule has 8 heteroatoms. The van der Waals surface area contributed by atoms with Gasteiger partial charge in [-0.2, -0.15) is 0 Å².